The van der Waals surface area contributed by atoms with Gasteiger partial charge in [-0.25, -0.2) is 4.57 Å². The van der Waals surface area contributed by atoms with E-state index < -0.39 is 26.5 Å². The minimum Gasteiger partial charge on any atom is -0.462 e. The maximum atomic E-state index is 12.8. The van der Waals surface area contributed by atoms with Gasteiger partial charge in [-0.15, -0.1) is 0 Å². The van der Waals surface area contributed by atoms with E-state index in [1.165, 1.54) is 270 Å². The van der Waals surface area contributed by atoms with Gasteiger partial charge in [0.05, 0.1) is 13.2 Å². The second-order valence-corrected chi connectivity index (χ2v) is 28.0. The number of rotatable bonds is 75. The second kappa shape index (κ2) is 77.9. The number of ether oxygens (including phenoxy) is 2. The molecule has 3 N–H and O–H groups in total. The van der Waals surface area contributed by atoms with Gasteiger partial charge in [0.15, 0.2) is 6.10 Å². The van der Waals surface area contributed by atoms with Gasteiger partial charge >= 0.3 is 19.8 Å². The third kappa shape index (κ3) is 77.8. The number of carbonyl (C=O) groups excluding carboxylic acids is 2. The average molecular weight is 1320 g/mol. The molecule has 0 bridgehead atoms. The SMILES string of the molecule is CC/C=C\C/C=C\C/C=C\C/C=C\C/C=C\C/C=C\CCCCCCCCCCCCCCCCC(=O)OC(COC(=O)CCCCCCCCCCCCCCCCCCCCCCCCCCCCC/C=C\C/C=C\CCCCCCC)COP(=O)(O)OCCN. The maximum absolute atomic E-state index is 12.8. The molecular formula is C83H150NO8P. The Bertz CT molecular complexity index is 1850. The molecule has 0 rings (SSSR count). The van der Waals surface area contributed by atoms with Crippen LogP contribution in [0.3, 0.4) is 0 Å². The monoisotopic (exact) mass is 1320 g/mol. The lowest BCUT2D eigenvalue weighted by Gasteiger charge is -2.19. The minimum absolute atomic E-state index is 0.0523. The summed E-state index contributed by atoms with van der Waals surface area (Å²) in [6, 6.07) is 0. The van der Waals surface area contributed by atoms with Crippen molar-refractivity contribution in [3.05, 3.63) is 97.2 Å². The molecule has 0 aliphatic heterocycles. The molecule has 0 aliphatic rings. The predicted octanol–water partition coefficient (Wildman–Crippen LogP) is 26.6. The largest absolute Gasteiger partial charge is 0.472 e. The number of unbranched alkanes of at least 4 members (excludes halogenated alkanes) is 46. The fraction of sp³-hybridized carbons (Fsp3) is 0.783. The zero-order valence-corrected chi connectivity index (χ0v) is 61.9. The molecule has 0 aliphatic carbocycles. The highest BCUT2D eigenvalue weighted by Gasteiger charge is 2.26. The minimum atomic E-state index is -4.40. The van der Waals surface area contributed by atoms with Crippen molar-refractivity contribution in [1.29, 1.82) is 0 Å². The second-order valence-electron chi connectivity index (χ2n) is 26.6. The van der Waals surface area contributed by atoms with Crippen LogP contribution in [0.2, 0.25) is 0 Å². The van der Waals surface area contributed by atoms with Gasteiger partial charge < -0.3 is 20.1 Å². The molecule has 0 radical (unpaired) electrons. The molecule has 2 atom stereocenters. The van der Waals surface area contributed by atoms with Crippen molar-refractivity contribution in [2.75, 3.05) is 26.4 Å². The first kappa shape index (κ1) is 89.9. The highest BCUT2D eigenvalue weighted by Crippen LogP contribution is 2.43. The molecule has 0 aromatic heterocycles. The lowest BCUT2D eigenvalue weighted by molar-refractivity contribution is -0.161. The molecule has 540 valence electrons. The molecule has 0 heterocycles. The van der Waals surface area contributed by atoms with E-state index in [1.807, 2.05) is 0 Å². The molecule has 0 fully saturated rings. The Morgan fingerprint density at radius 2 is 0.591 bits per heavy atom. The molecule has 93 heavy (non-hydrogen) atoms. The average Bonchev–Trinajstić information content (AvgIpc) is 3.32. The Kier molecular flexibility index (Phi) is 75.4. The molecule has 0 saturated heterocycles. The number of allylic oxidation sites excluding steroid dienone is 16. The quantitative estimate of drug-likeness (QED) is 0.0264. The van der Waals surface area contributed by atoms with Crippen molar-refractivity contribution in [2.24, 2.45) is 5.73 Å². The van der Waals surface area contributed by atoms with E-state index in [0.29, 0.717) is 6.42 Å². The molecule has 10 heteroatoms. The van der Waals surface area contributed by atoms with Crippen molar-refractivity contribution in [2.45, 2.75) is 392 Å². The van der Waals surface area contributed by atoms with Crippen LogP contribution < -0.4 is 5.73 Å². The van der Waals surface area contributed by atoms with Crippen molar-refractivity contribution in [3.8, 4) is 0 Å². The van der Waals surface area contributed by atoms with Crippen LogP contribution in [-0.4, -0.2) is 49.3 Å². The van der Waals surface area contributed by atoms with Gasteiger partial charge in [0.25, 0.3) is 0 Å². The van der Waals surface area contributed by atoms with Crippen molar-refractivity contribution in [1.82, 2.24) is 0 Å². The van der Waals surface area contributed by atoms with Crippen LogP contribution in [0.1, 0.15) is 386 Å². The number of hydrogen-bond donors (Lipinski definition) is 2. The fourth-order valence-corrected chi connectivity index (χ4v) is 12.4. The Hall–Kier alpha value is -3.07. The molecule has 0 amide bonds. The fourth-order valence-electron chi connectivity index (χ4n) is 11.6. The lowest BCUT2D eigenvalue weighted by atomic mass is 10.0. The maximum Gasteiger partial charge on any atom is 0.472 e. The molecular weight excluding hydrogens is 1170 g/mol. The molecule has 0 saturated carbocycles. The van der Waals surface area contributed by atoms with Gasteiger partial charge in [0.2, 0.25) is 0 Å². The molecule has 2 unspecified atom stereocenters. The Labute approximate surface area is 576 Å². The van der Waals surface area contributed by atoms with Crippen LogP contribution >= 0.6 is 7.82 Å². The Morgan fingerprint density at radius 3 is 0.882 bits per heavy atom. The molecule has 9 nitrogen and oxygen atoms in total. The normalized spacial score (nSPS) is 13.4. The van der Waals surface area contributed by atoms with E-state index in [-0.39, 0.29) is 38.6 Å². The summed E-state index contributed by atoms with van der Waals surface area (Å²) in [7, 11) is -4.40. The summed E-state index contributed by atoms with van der Waals surface area (Å²) in [5.74, 6) is -0.813. The van der Waals surface area contributed by atoms with E-state index in [0.717, 1.165) is 83.5 Å². The lowest BCUT2D eigenvalue weighted by Crippen LogP contribution is -2.29. The van der Waals surface area contributed by atoms with Gasteiger partial charge in [-0.05, 0) is 96.3 Å². The third-order valence-corrected chi connectivity index (χ3v) is 18.4. The van der Waals surface area contributed by atoms with Crippen LogP contribution in [-0.2, 0) is 32.7 Å². The van der Waals surface area contributed by atoms with Crippen LogP contribution in [0.25, 0.3) is 0 Å². The summed E-state index contributed by atoms with van der Waals surface area (Å²) >= 11 is 0. The van der Waals surface area contributed by atoms with E-state index in [4.69, 9.17) is 24.3 Å². The summed E-state index contributed by atoms with van der Waals surface area (Å²) in [5.41, 5.74) is 5.41. The molecule has 0 spiro atoms. The number of carbonyl (C=O) groups is 2. The van der Waals surface area contributed by atoms with Gasteiger partial charge in [-0.2, -0.15) is 0 Å². The van der Waals surface area contributed by atoms with Gasteiger partial charge in [0, 0.05) is 19.4 Å². The summed E-state index contributed by atoms with van der Waals surface area (Å²) in [5, 5.41) is 0. The van der Waals surface area contributed by atoms with Gasteiger partial charge in [-0.3, -0.25) is 18.6 Å². The van der Waals surface area contributed by atoms with Crippen molar-refractivity contribution >= 4 is 19.8 Å². The van der Waals surface area contributed by atoms with Gasteiger partial charge in [0.1, 0.15) is 6.61 Å². The summed E-state index contributed by atoms with van der Waals surface area (Å²) in [6.07, 6.45) is 107. The predicted molar refractivity (Wildman–Crippen MR) is 404 cm³/mol. The topological polar surface area (TPSA) is 134 Å². The summed E-state index contributed by atoms with van der Waals surface area (Å²) < 4.78 is 33.3. The van der Waals surface area contributed by atoms with E-state index in [2.05, 4.69) is 111 Å². The van der Waals surface area contributed by atoms with Crippen LogP contribution in [0, 0.1) is 0 Å². The Balaban J connectivity index is 3.78. The number of phosphoric ester groups is 1. The van der Waals surface area contributed by atoms with Crippen molar-refractivity contribution < 1.29 is 37.6 Å². The first-order valence-electron chi connectivity index (χ1n) is 39.7. The van der Waals surface area contributed by atoms with E-state index in [9.17, 15) is 19.0 Å². The smallest absolute Gasteiger partial charge is 0.462 e. The first-order valence-corrected chi connectivity index (χ1v) is 41.2. The number of hydrogen-bond acceptors (Lipinski definition) is 8. The summed E-state index contributed by atoms with van der Waals surface area (Å²) in [4.78, 5) is 35.5. The van der Waals surface area contributed by atoms with Crippen molar-refractivity contribution in [3.63, 3.8) is 0 Å². The summed E-state index contributed by atoms with van der Waals surface area (Å²) in [6.45, 7) is 3.67. The molecule has 0 aromatic carbocycles. The number of esters is 2. The van der Waals surface area contributed by atoms with E-state index in [1.54, 1.807) is 0 Å². The first-order chi connectivity index (χ1) is 45.8. The number of phosphoric acid groups is 1. The number of nitrogens with two attached hydrogens (primary N) is 1. The third-order valence-electron chi connectivity index (χ3n) is 17.5. The van der Waals surface area contributed by atoms with Gasteiger partial charge in [-0.1, -0.05) is 374 Å². The zero-order valence-electron chi connectivity index (χ0n) is 61.0. The van der Waals surface area contributed by atoms with Crippen LogP contribution in [0.5, 0.6) is 0 Å². The highest BCUT2D eigenvalue weighted by atomic mass is 31.2. The van der Waals surface area contributed by atoms with Crippen LogP contribution in [0.4, 0.5) is 0 Å². The molecule has 0 aromatic rings. The highest BCUT2D eigenvalue weighted by molar-refractivity contribution is 7.47. The Morgan fingerprint density at radius 1 is 0.333 bits per heavy atom. The van der Waals surface area contributed by atoms with Crippen LogP contribution in [0.15, 0.2) is 97.2 Å². The zero-order chi connectivity index (χ0) is 67.2. The van der Waals surface area contributed by atoms with E-state index >= 15 is 0 Å². The standard InChI is InChI=1S/C83H150NO8P/c1-3-5-7-9-11-13-15-17-19-21-23-25-27-29-31-33-35-37-38-39-40-41-42-44-45-47-49-51-53-55-57-59-61-63-65-67-69-71-73-75-82(85)89-79-81(80-91-93(87,88)90-78-77-84)92-83(86)76-74-72-70-68-66-64-62-60-58-56-54-52-50-48-46-43-36-34-32-30-28-26-24-22-20-18-16-14-12-10-8-6-4-2/h6,8,12,14-15,17-18,20-21,23-24,26,30,32,36,43,81H,3-5,7,9-11,13,16,19,22,25,27-29,31,33-35,37-42,44-80,84H2,1-2H3,(H,87,88)/b8-6-,14-12-,17-15-,20-18-,23-21-,26-24-,32-30-,43-36-.